The Labute approximate surface area is 115 Å². The third-order valence-corrected chi connectivity index (χ3v) is 3.91. The molecule has 0 radical (unpaired) electrons. The molecule has 0 spiro atoms. The van der Waals surface area contributed by atoms with E-state index < -0.39 is 0 Å². The number of anilines is 1. The van der Waals surface area contributed by atoms with Gasteiger partial charge < -0.3 is 10.6 Å². The van der Waals surface area contributed by atoms with Crippen molar-refractivity contribution in [2.75, 3.05) is 11.4 Å². The molecule has 3 heteroatoms. The van der Waals surface area contributed by atoms with Gasteiger partial charge in [0.1, 0.15) is 0 Å². The molecule has 0 bridgehead atoms. The van der Waals surface area contributed by atoms with Crippen molar-refractivity contribution in [2.24, 2.45) is 11.1 Å². The highest BCUT2D eigenvalue weighted by Crippen LogP contribution is 2.28. The van der Waals surface area contributed by atoms with E-state index in [1.54, 1.807) is 0 Å². The Morgan fingerprint density at radius 3 is 2.63 bits per heavy atom. The van der Waals surface area contributed by atoms with Crippen molar-refractivity contribution in [3.05, 3.63) is 29.8 Å². The number of hydrogen-bond donors (Lipinski definition) is 1. The number of rotatable bonds is 2. The van der Waals surface area contributed by atoms with Crippen molar-refractivity contribution in [2.45, 2.75) is 46.1 Å². The van der Waals surface area contributed by atoms with Gasteiger partial charge in [-0.05, 0) is 29.9 Å². The van der Waals surface area contributed by atoms with Gasteiger partial charge in [-0.25, -0.2) is 0 Å². The fourth-order valence-electron chi connectivity index (χ4n) is 2.36. The standard InChI is InChI=1S/C16H24N2O/c1-16(2,3)14(17)11-18-13-9-5-4-7-12(13)8-6-10-15(18)19/h4-5,7,9,14H,6,8,10-11,17H2,1-3H3. The van der Waals surface area contributed by atoms with Crippen molar-refractivity contribution in [3.8, 4) is 0 Å². The van der Waals surface area contributed by atoms with E-state index in [1.807, 2.05) is 23.1 Å². The van der Waals surface area contributed by atoms with Crippen LogP contribution in [0.4, 0.5) is 5.69 Å². The van der Waals surface area contributed by atoms with E-state index in [1.165, 1.54) is 5.56 Å². The Kier molecular flexibility index (Phi) is 3.95. The van der Waals surface area contributed by atoms with Crippen LogP contribution in [0.15, 0.2) is 24.3 Å². The Bertz CT molecular complexity index is 462. The lowest BCUT2D eigenvalue weighted by Crippen LogP contribution is -2.47. The molecule has 1 atom stereocenters. The maximum atomic E-state index is 12.3. The van der Waals surface area contributed by atoms with Crippen LogP contribution in [0, 0.1) is 5.41 Å². The van der Waals surface area contributed by atoms with Crippen LogP contribution < -0.4 is 10.6 Å². The van der Waals surface area contributed by atoms with Crippen molar-refractivity contribution in [3.63, 3.8) is 0 Å². The molecule has 1 aliphatic rings. The van der Waals surface area contributed by atoms with Crippen LogP contribution in [0.3, 0.4) is 0 Å². The van der Waals surface area contributed by atoms with Crippen LogP contribution in [0.25, 0.3) is 0 Å². The molecular weight excluding hydrogens is 236 g/mol. The van der Waals surface area contributed by atoms with Gasteiger partial charge in [0.25, 0.3) is 0 Å². The molecule has 1 unspecified atom stereocenters. The average Bonchev–Trinajstić information content (AvgIpc) is 2.49. The lowest BCUT2D eigenvalue weighted by Gasteiger charge is -2.33. The summed E-state index contributed by atoms with van der Waals surface area (Å²) in [5.74, 6) is 0.199. The predicted molar refractivity (Wildman–Crippen MR) is 79.2 cm³/mol. The van der Waals surface area contributed by atoms with Crippen LogP contribution in [0.1, 0.15) is 39.2 Å². The number of amides is 1. The summed E-state index contributed by atoms with van der Waals surface area (Å²) >= 11 is 0. The molecule has 0 aliphatic carbocycles. The van der Waals surface area contributed by atoms with Gasteiger partial charge >= 0.3 is 0 Å². The first kappa shape index (κ1) is 14.1. The summed E-state index contributed by atoms with van der Waals surface area (Å²) in [6.07, 6.45) is 2.52. The number of nitrogens with two attached hydrogens (primary N) is 1. The molecule has 2 N–H and O–H groups in total. The van der Waals surface area contributed by atoms with E-state index in [0.29, 0.717) is 13.0 Å². The zero-order valence-electron chi connectivity index (χ0n) is 12.1. The Hall–Kier alpha value is -1.35. The van der Waals surface area contributed by atoms with E-state index in [2.05, 4.69) is 26.8 Å². The highest BCUT2D eigenvalue weighted by molar-refractivity contribution is 5.94. The van der Waals surface area contributed by atoms with E-state index in [-0.39, 0.29) is 17.4 Å². The van der Waals surface area contributed by atoms with Crippen molar-refractivity contribution < 1.29 is 4.79 Å². The molecule has 1 aliphatic heterocycles. The number of carbonyl (C=O) groups excluding carboxylic acids is 1. The average molecular weight is 260 g/mol. The summed E-state index contributed by atoms with van der Waals surface area (Å²) in [5.41, 5.74) is 8.56. The number of benzene rings is 1. The monoisotopic (exact) mass is 260 g/mol. The molecular formula is C16H24N2O. The van der Waals surface area contributed by atoms with Gasteiger partial charge in [-0.1, -0.05) is 39.0 Å². The summed E-state index contributed by atoms with van der Waals surface area (Å²) in [7, 11) is 0. The fraction of sp³-hybridized carbons (Fsp3) is 0.562. The fourth-order valence-corrected chi connectivity index (χ4v) is 2.36. The van der Waals surface area contributed by atoms with Gasteiger partial charge in [-0.3, -0.25) is 4.79 Å². The number of fused-ring (bicyclic) bond motifs is 1. The van der Waals surface area contributed by atoms with Gasteiger partial charge in [0, 0.05) is 24.7 Å². The van der Waals surface area contributed by atoms with Crippen molar-refractivity contribution in [1.29, 1.82) is 0 Å². The maximum absolute atomic E-state index is 12.3. The van der Waals surface area contributed by atoms with Gasteiger partial charge in [0.2, 0.25) is 5.91 Å². The first-order valence-corrected chi connectivity index (χ1v) is 7.03. The molecule has 104 valence electrons. The Morgan fingerprint density at radius 1 is 1.26 bits per heavy atom. The highest BCUT2D eigenvalue weighted by atomic mass is 16.2. The molecule has 1 aromatic rings. The van der Waals surface area contributed by atoms with Gasteiger partial charge in [0.05, 0.1) is 0 Å². The Balaban J connectivity index is 2.29. The first-order chi connectivity index (χ1) is 8.89. The van der Waals surface area contributed by atoms with Gasteiger partial charge in [0.15, 0.2) is 0 Å². The SMILES string of the molecule is CC(C)(C)C(N)CN1C(=O)CCCc2ccccc21. The van der Waals surface area contributed by atoms with Crippen LogP contribution in [-0.4, -0.2) is 18.5 Å². The smallest absolute Gasteiger partial charge is 0.227 e. The predicted octanol–water partition coefficient (Wildman–Crippen LogP) is 2.73. The van der Waals surface area contributed by atoms with Crippen LogP contribution in [0.2, 0.25) is 0 Å². The number of hydrogen-bond acceptors (Lipinski definition) is 2. The van der Waals surface area contributed by atoms with Crippen LogP contribution in [0.5, 0.6) is 0 Å². The summed E-state index contributed by atoms with van der Waals surface area (Å²) < 4.78 is 0. The quantitative estimate of drug-likeness (QED) is 0.888. The lowest BCUT2D eigenvalue weighted by molar-refractivity contribution is -0.118. The number of para-hydroxylation sites is 1. The largest absolute Gasteiger partial charge is 0.326 e. The maximum Gasteiger partial charge on any atom is 0.227 e. The summed E-state index contributed by atoms with van der Waals surface area (Å²) in [6, 6.07) is 8.16. The highest BCUT2D eigenvalue weighted by Gasteiger charge is 2.28. The topological polar surface area (TPSA) is 46.3 Å². The summed E-state index contributed by atoms with van der Waals surface area (Å²) in [5, 5.41) is 0. The molecule has 0 aromatic heterocycles. The third-order valence-electron chi connectivity index (χ3n) is 3.91. The number of nitrogens with zero attached hydrogens (tertiary/aromatic N) is 1. The summed E-state index contributed by atoms with van der Waals surface area (Å²) in [4.78, 5) is 14.2. The van der Waals surface area contributed by atoms with Crippen molar-refractivity contribution in [1.82, 2.24) is 0 Å². The first-order valence-electron chi connectivity index (χ1n) is 7.03. The second-order valence-electron chi connectivity index (χ2n) is 6.46. The molecule has 1 amide bonds. The molecule has 1 heterocycles. The normalized spacial score (nSPS) is 17.9. The van der Waals surface area contributed by atoms with E-state index in [4.69, 9.17) is 5.73 Å². The third kappa shape index (κ3) is 3.16. The molecule has 0 saturated carbocycles. The Morgan fingerprint density at radius 2 is 1.95 bits per heavy atom. The molecule has 19 heavy (non-hydrogen) atoms. The minimum absolute atomic E-state index is 0.00152. The van der Waals surface area contributed by atoms with E-state index in [9.17, 15) is 4.79 Å². The second-order valence-corrected chi connectivity index (χ2v) is 6.46. The molecule has 1 aromatic carbocycles. The molecule has 0 saturated heterocycles. The van der Waals surface area contributed by atoms with E-state index in [0.717, 1.165) is 18.5 Å². The van der Waals surface area contributed by atoms with E-state index >= 15 is 0 Å². The number of carbonyl (C=O) groups is 1. The molecule has 2 rings (SSSR count). The minimum Gasteiger partial charge on any atom is -0.326 e. The summed E-state index contributed by atoms with van der Waals surface area (Å²) in [6.45, 7) is 6.95. The van der Waals surface area contributed by atoms with Crippen LogP contribution >= 0.6 is 0 Å². The second kappa shape index (κ2) is 5.33. The molecule has 0 fully saturated rings. The number of aryl methyl sites for hydroxylation is 1. The van der Waals surface area contributed by atoms with Crippen LogP contribution in [-0.2, 0) is 11.2 Å². The molecule has 3 nitrogen and oxygen atoms in total. The lowest BCUT2D eigenvalue weighted by atomic mass is 9.87. The zero-order valence-corrected chi connectivity index (χ0v) is 12.1. The van der Waals surface area contributed by atoms with Gasteiger partial charge in [-0.2, -0.15) is 0 Å². The van der Waals surface area contributed by atoms with Gasteiger partial charge in [-0.15, -0.1) is 0 Å². The minimum atomic E-state index is -0.0254. The zero-order chi connectivity index (χ0) is 14.0. The van der Waals surface area contributed by atoms with Crippen molar-refractivity contribution >= 4 is 11.6 Å².